The Balaban J connectivity index is 2.02. The maximum atomic E-state index is 12.2. The molecule has 1 aromatic carbocycles. The van der Waals surface area contributed by atoms with Gasteiger partial charge < -0.3 is 18.8 Å². The topological polar surface area (TPSA) is 64.8 Å². The number of oxazole rings is 1. The molecule has 0 unspecified atom stereocenters. The van der Waals surface area contributed by atoms with Crippen molar-refractivity contribution in [2.75, 3.05) is 20.7 Å². The molecule has 128 valence electrons. The number of rotatable bonds is 7. The van der Waals surface area contributed by atoms with E-state index in [1.54, 1.807) is 14.2 Å². The number of aromatic nitrogens is 1. The van der Waals surface area contributed by atoms with E-state index in [0.717, 1.165) is 11.1 Å². The third-order valence-corrected chi connectivity index (χ3v) is 3.29. The summed E-state index contributed by atoms with van der Waals surface area (Å²) >= 11 is 0. The number of benzene rings is 1. The Morgan fingerprint density at radius 1 is 1.38 bits per heavy atom. The first kappa shape index (κ1) is 17.6. The SMILES string of the molecule is C=C(C)CN(C)C(=O)c1coc(COc2ccc(C)cc2OC)n1. The van der Waals surface area contributed by atoms with Crippen LogP contribution in [0.25, 0.3) is 0 Å². The van der Waals surface area contributed by atoms with Crippen molar-refractivity contribution in [3.05, 3.63) is 53.8 Å². The summed E-state index contributed by atoms with van der Waals surface area (Å²) in [5.41, 5.74) is 2.21. The molecule has 1 heterocycles. The van der Waals surface area contributed by atoms with Crippen molar-refractivity contribution < 1.29 is 18.7 Å². The van der Waals surface area contributed by atoms with E-state index >= 15 is 0 Å². The molecular formula is C18H22N2O4. The average molecular weight is 330 g/mol. The number of hydrogen-bond donors (Lipinski definition) is 0. The maximum absolute atomic E-state index is 12.2. The van der Waals surface area contributed by atoms with E-state index in [-0.39, 0.29) is 18.2 Å². The minimum absolute atomic E-state index is 0.108. The molecule has 6 nitrogen and oxygen atoms in total. The Morgan fingerprint density at radius 3 is 2.79 bits per heavy atom. The van der Waals surface area contributed by atoms with Crippen LogP contribution in [0.2, 0.25) is 0 Å². The molecule has 24 heavy (non-hydrogen) atoms. The maximum Gasteiger partial charge on any atom is 0.275 e. The van der Waals surface area contributed by atoms with Crippen LogP contribution < -0.4 is 9.47 Å². The zero-order chi connectivity index (χ0) is 17.7. The number of ether oxygens (including phenoxy) is 2. The van der Waals surface area contributed by atoms with E-state index in [0.29, 0.717) is 23.9 Å². The number of carbonyl (C=O) groups excluding carboxylic acids is 1. The Hall–Kier alpha value is -2.76. The Labute approximate surface area is 141 Å². The number of carbonyl (C=O) groups is 1. The van der Waals surface area contributed by atoms with Crippen LogP contribution >= 0.6 is 0 Å². The van der Waals surface area contributed by atoms with Crippen molar-refractivity contribution in [3.8, 4) is 11.5 Å². The van der Waals surface area contributed by atoms with E-state index in [1.165, 1.54) is 11.2 Å². The molecular weight excluding hydrogens is 308 g/mol. The molecule has 0 saturated heterocycles. The second-order valence-electron chi connectivity index (χ2n) is 5.69. The molecule has 2 aromatic rings. The van der Waals surface area contributed by atoms with Gasteiger partial charge >= 0.3 is 0 Å². The number of hydrogen-bond acceptors (Lipinski definition) is 5. The van der Waals surface area contributed by atoms with Crippen molar-refractivity contribution in [1.82, 2.24) is 9.88 Å². The normalized spacial score (nSPS) is 10.3. The molecule has 0 aliphatic heterocycles. The van der Waals surface area contributed by atoms with Crippen LogP contribution in [0.15, 0.2) is 41.0 Å². The fraction of sp³-hybridized carbons (Fsp3) is 0.333. The minimum Gasteiger partial charge on any atom is -0.493 e. The Morgan fingerprint density at radius 2 is 2.12 bits per heavy atom. The summed E-state index contributed by atoms with van der Waals surface area (Å²) < 4.78 is 16.3. The molecule has 0 saturated carbocycles. The van der Waals surface area contributed by atoms with Crippen LogP contribution in [-0.2, 0) is 6.61 Å². The Bertz CT molecular complexity index is 736. The van der Waals surface area contributed by atoms with Crippen LogP contribution in [0, 0.1) is 6.92 Å². The van der Waals surface area contributed by atoms with E-state index in [4.69, 9.17) is 13.9 Å². The van der Waals surface area contributed by atoms with Gasteiger partial charge in [0.15, 0.2) is 23.8 Å². The lowest BCUT2D eigenvalue weighted by atomic mass is 10.2. The van der Waals surface area contributed by atoms with Gasteiger partial charge in [-0.3, -0.25) is 4.79 Å². The number of nitrogens with zero attached hydrogens (tertiary/aromatic N) is 2. The second kappa shape index (κ2) is 7.68. The zero-order valence-corrected chi connectivity index (χ0v) is 14.5. The van der Waals surface area contributed by atoms with E-state index in [1.807, 2.05) is 32.0 Å². The van der Waals surface area contributed by atoms with Gasteiger partial charge in [-0.25, -0.2) is 4.98 Å². The molecule has 0 fully saturated rings. The summed E-state index contributed by atoms with van der Waals surface area (Å²) in [7, 11) is 3.28. The highest BCUT2D eigenvalue weighted by Crippen LogP contribution is 2.28. The first-order chi connectivity index (χ1) is 11.4. The summed E-state index contributed by atoms with van der Waals surface area (Å²) in [6.07, 6.45) is 1.34. The highest BCUT2D eigenvalue weighted by molar-refractivity contribution is 5.91. The van der Waals surface area contributed by atoms with Gasteiger partial charge in [0.1, 0.15) is 6.26 Å². The molecule has 0 aliphatic carbocycles. The van der Waals surface area contributed by atoms with E-state index < -0.39 is 0 Å². The average Bonchev–Trinajstić information content (AvgIpc) is 3.01. The first-order valence-electron chi connectivity index (χ1n) is 7.52. The molecule has 0 spiro atoms. The number of likely N-dealkylation sites (N-methyl/N-ethyl adjacent to an activating group) is 1. The summed E-state index contributed by atoms with van der Waals surface area (Å²) in [5.74, 6) is 1.33. The minimum atomic E-state index is -0.221. The summed E-state index contributed by atoms with van der Waals surface area (Å²) in [4.78, 5) is 17.9. The summed E-state index contributed by atoms with van der Waals surface area (Å²) in [6, 6.07) is 5.63. The monoisotopic (exact) mass is 330 g/mol. The van der Waals surface area contributed by atoms with Gasteiger partial charge in [0, 0.05) is 13.6 Å². The lowest BCUT2D eigenvalue weighted by molar-refractivity contribution is 0.0801. The molecule has 6 heteroatoms. The van der Waals surface area contributed by atoms with Crippen molar-refractivity contribution in [3.63, 3.8) is 0 Å². The predicted octanol–water partition coefficient (Wildman–Crippen LogP) is 3.22. The van der Waals surface area contributed by atoms with Crippen molar-refractivity contribution in [1.29, 1.82) is 0 Å². The van der Waals surface area contributed by atoms with Crippen LogP contribution in [0.4, 0.5) is 0 Å². The zero-order valence-electron chi connectivity index (χ0n) is 14.5. The molecule has 0 radical (unpaired) electrons. The summed E-state index contributed by atoms with van der Waals surface area (Å²) in [6.45, 7) is 8.20. The third-order valence-electron chi connectivity index (χ3n) is 3.29. The fourth-order valence-corrected chi connectivity index (χ4v) is 2.18. The smallest absolute Gasteiger partial charge is 0.275 e. The summed E-state index contributed by atoms with van der Waals surface area (Å²) in [5, 5.41) is 0. The highest BCUT2D eigenvalue weighted by Gasteiger charge is 2.17. The molecule has 0 atom stereocenters. The third kappa shape index (κ3) is 4.38. The largest absolute Gasteiger partial charge is 0.493 e. The van der Waals surface area contributed by atoms with Gasteiger partial charge in [0.25, 0.3) is 5.91 Å². The van der Waals surface area contributed by atoms with Gasteiger partial charge in [0.05, 0.1) is 7.11 Å². The van der Waals surface area contributed by atoms with Crippen LogP contribution in [-0.4, -0.2) is 36.5 Å². The van der Waals surface area contributed by atoms with E-state index in [9.17, 15) is 4.79 Å². The van der Waals surface area contributed by atoms with Gasteiger partial charge in [0.2, 0.25) is 5.89 Å². The van der Waals surface area contributed by atoms with Gasteiger partial charge in [-0.15, -0.1) is 0 Å². The van der Waals surface area contributed by atoms with Crippen molar-refractivity contribution >= 4 is 5.91 Å². The Kier molecular flexibility index (Phi) is 5.63. The van der Waals surface area contributed by atoms with Gasteiger partial charge in [-0.2, -0.15) is 0 Å². The fourth-order valence-electron chi connectivity index (χ4n) is 2.18. The van der Waals surface area contributed by atoms with E-state index in [2.05, 4.69) is 11.6 Å². The van der Waals surface area contributed by atoms with Crippen molar-refractivity contribution in [2.24, 2.45) is 0 Å². The van der Waals surface area contributed by atoms with Crippen LogP contribution in [0.5, 0.6) is 11.5 Å². The van der Waals surface area contributed by atoms with Gasteiger partial charge in [-0.05, 0) is 31.5 Å². The molecule has 0 bridgehead atoms. The van der Waals surface area contributed by atoms with Crippen molar-refractivity contribution in [2.45, 2.75) is 20.5 Å². The number of amides is 1. The van der Waals surface area contributed by atoms with Gasteiger partial charge in [-0.1, -0.05) is 18.2 Å². The lowest BCUT2D eigenvalue weighted by Crippen LogP contribution is -2.28. The molecule has 0 aliphatic rings. The van der Waals surface area contributed by atoms with Crippen LogP contribution in [0.1, 0.15) is 28.9 Å². The number of aryl methyl sites for hydroxylation is 1. The lowest BCUT2D eigenvalue weighted by Gasteiger charge is -2.14. The quantitative estimate of drug-likeness (QED) is 0.729. The molecule has 1 aromatic heterocycles. The first-order valence-corrected chi connectivity index (χ1v) is 7.52. The molecule has 1 amide bonds. The number of methoxy groups -OCH3 is 1. The molecule has 2 rings (SSSR count). The highest BCUT2D eigenvalue weighted by atomic mass is 16.5. The molecule has 0 N–H and O–H groups in total. The predicted molar refractivity (Wildman–Crippen MR) is 90.3 cm³/mol. The van der Waals surface area contributed by atoms with Crippen LogP contribution in [0.3, 0.4) is 0 Å². The second-order valence-corrected chi connectivity index (χ2v) is 5.69. The standard InChI is InChI=1S/C18H22N2O4/c1-12(2)9-20(4)18(21)14-10-24-17(19-14)11-23-15-7-6-13(3)8-16(15)22-5/h6-8,10H,1,9,11H2,2-5H3.